The van der Waals surface area contributed by atoms with Crippen LogP contribution in [0, 0.1) is 0 Å². The van der Waals surface area contributed by atoms with Crippen molar-refractivity contribution in [2.24, 2.45) is 0 Å². The Bertz CT molecular complexity index is 213. The number of aliphatic hydroxyl groups is 1. The number of carbonyl (C=O) groups is 1. The molecule has 1 aliphatic heterocycles. The van der Waals surface area contributed by atoms with Gasteiger partial charge in [0, 0.05) is 6.42 Å². The zero-order chi connectivity index (χ0) is 10.8. The van der Waals surface area contributed by atoms with Crippen molar-refractivity contribution in [3.63, 3.8) is 0 Å². The first kappa shape index (κ1) is 11.4. The lowest BCUT2D eigenvalue weighted by Crippen LogP contribution is -2.46. The van der Waals surface area contributed by atoms with Gasteiger partial charge in [0.1, 0.15) is 0 Å². The van der Waals surface area contributed by atoms with Crippen LogP contribution >= 0.6 is 0 Å². The molecule has 0 saturated carbocycles. The van der Waals surface area contributed by atoms with Crippen molar-refractivity contribution in [1.29, 1.82) is 0 Å². The van der Waals surface area contributed by atoms with E-state index >= 15 is 0 Å². The summed E-state index contributed by atoms with van der Waals surface area (Å²) < 4.78 is 10.8. The van der Waals surface area contributed by atoms with Crippen molar-refractivity contribution in [2.45, 2.75) is 44.7 Å². The standard InChI is InChI=1S/C9H16O5/c1-9(2)13-6(4-8(11)12)3-7(5-10)14-9/h6-7,10H,3-5H2,1-2H3,(H,11,12)/t6-,7?/m1/s1. The van der Waals surface area contributed by atoms with Crippen molar-refractivity contribution in [1.82, 2.24) is 0 Å². The fourth-order valence-corrected chi connectivity index (χ4v) is 1.65. The molecule has 1 rings (SSSR count). The van der Waals surface area contributed by atoms with E-state index in [9.17, 15) is 4.79 Å². The normalized spacial score (nSPS) is 31.4. The van der Waals surface area contributed by atoms with Crippen LogP contribution in [0.5, 0.6) is 0 Å². The number of carboxylic acid groups (broad SMARTS) is 1. The molecule has 1 aliphatic rings. The SMILES string of the molecule is CC1(C)OC(CO)C[C@H](CC(=O)O)O1. The maximum atomic E-state index is 10.5. The van der Waals surface area contributed by atoms with Gasteiger partial charge in [0.2, 0.25) is 0 Å². The molecule has 0 aromatic heterocycles. The highest BCUT2D eigenvalue weighted by Crippen LogP contribution is 2.27. The predicted octanol–water partition coefficient (Wildman–Crippen LogP) is 0.364. The van der Waals surface area contributed by atoms with Gasteiger partial charge in [-0.1, -0.05) is 0 Å². The van der Waals surface area contributed by atoms with Gasteiger partial charge in [-0.3, -0.25) is 4.79 Å². The number of ether oxygens (including phenoxy) is 2. The van der Waals surface area contributed by atoms with Crippen molar-refractivity contribution in [2.75, 3.05) is 6.61 Å². The second-order valence-corrected chi connectivity index (χ2v) is 3.90. The quantitative estimate of drug-likeness (QED) is 0.694. The number of hydrogen-bond donors (Lipinski definition) is 2. The highest BCUT2D eigenvalue weighted by molar-refractivity contribution is 5.67. The highest BCUT2D eigenvalue weighted by Gasteiger charge is 2.35. The fraction of sp³-hybridized carbons (Fsp3) is 0.889. The summed E-state index contributed by atoms with van der Waals surface area (Å²) in [5.74, 6) is -1.71. The molecule has 0 bridgehead atoms. The Morgan fingerprint density at radius 1 is 1.43 bits per heavy atom. The van der Waals surface area contributed by atoms with Gasteiger partial charge in [-0.2, -0.15) is 0 Å². The topological polar surface area (TPSA) is 76.0 Å². The average Bonchev–Trinajstić information content (AvgIpc) is 1.99. The Labute approximate surface area is 82.6 Å². The molecule has 0 spiro atoms. The molecule has 14 heavy (non-hydrogen) atoms. The molecular weight excluding hydrogens is 188 g/mol. The molecule has 82 valence electrons. The van der Waals surface area contributed by atoms with Crippen molar-refractivity contribution < 1.29 is 24.5 Å². The molecule has 0 aliphatic carbocycles. The van der Waals surface area contributed by atoms with Crippen LogP contribution in [0.25, 0.3) is 0 Å². The molecule has 5 heteroatoms. The molecular formula is C9H16O5. The third-order valence-electron chi connectivity index (χ3n) is 2.03. The molecule has 0 aromatic rings. The molecule has 5 nitrogen and oxygen atoms in total. The zero-order valence-corrected chi connectivity index (χ0v) is 8.40. The molecule has 1 fully saturated rings. The second kappa shape index (κ2) is 4.25. The summed E-state index contributed by atoms with van der Waals surface area (Å²) in [5, 5.41) is 17.6. The van der Waals surface area contributed by atoms with E-state index in [-0.39, 0.29) is 25.2 Å². The highest BCUT2D eigenvalue weighted by atomic mass is 16.7. The van der Waals surface area contributed by atoms with E-state index in [1.54, 1.807) is 13.8 Å². The van der Waals surface area contributed by atoms with Crippen LogP contribution < -0.4 is 0 Å². The summed E-state index contributed by atoms with van der Waals surface area (Å²) in [6.45, 7) is 3.32. The fourth-order valence-electron chi connectivity index (χ4n) is 1.65. The van der Waals surface area contributed by atoms with E-state index in [0.29, 0.717) is 6.42 Å². The number of carboxylic acids is 1. The van der Waals surface area contributed by atoms with Crippen LogP contribution in [-0.4, -0.2) is 40.8 Å². The molecule has 1 heterocycles. The van der Waals surface area contributed by atoms with Crippen LogP contribution in [-0.2, 0) is 14.3 Å². The summed E-state index contributed by atoms with van der Waals surface area (Å²) >= 11 is 0. The minimum absolute atomic E-state index is 0.0523. The Morgan fingerprint density at radius 3 is 2.50 bits per heavy atom. The lowest BCUT2D eigenvalue weighted by molar-refractivity contribution is -0.303. The van der Waals surface area contributed by atoms with Crippen LogP contribution in [0.1, 0.15) is 26.7 Å². The van der Waals surface area contributed by atoms with E-state index in [0.717, 1.165) is 0 Å². The Morgan fingerprint density at radius 2 is 2.00 bits per heavy atom. The van der Waals surface area contributed by atoms with E-state index in [4.69, 9.17) is 19.7 Å². The van der Waals surface area contributed by atoms with Gasteiger partial charge in [-0.05, 0) is 13.8 Å². The van der Waals surface area contributed by atoms with Gasteiger partial charge >= 0.3 is 5.97 Å². The second-order valence-electron chi connectivity index (χ2n) is 3.90. The molecule has 2 N–H and O–H groups in total. The van der Waals surface area contributed by atoms with Gasteiger partial charge in [0.25, 0.3) is 0 Å². The van der Waals surface area contributed by atoms with E-state index in [2.05, 4.69) is 0 Å². The van der Waals surface area contributed by atoms with Crippen LogP contribution in [0.4, 0.5) is 0 Å². The lowest BCUT2D eigenvalue weighted by Gasteiger charge is -2.39. The zero-order valence-electron chi connectivity index (χ0n) is 8.40. The van der Waals surface area contributed by atoms with E-state index in [1.165, 1.54) is 0 Å². The third kappa shape index (κ3) is 3.25. The van der Waals surface area contributed by atoms with Gasteiger partial charge < -0.3 is 19.7 Å². The summed E-state index contributed by atoms with van der Waals surface area (Å²) in [6.07, 6.45) is -0.341. The largest absolute Gasteiger partial charge is 0.481 e. The van der Waals surface area contributed by atoms with Crippen LogP contribution in [0.3, 0.4) is 0 Å². The maximum Gasteiger partial charge on any atom is 0.305 e. The first-order valence-corrected chi connectivity index (χ1v) is 4.61. The summed E-state index contributed by atoms with van der Waals surface area (Å²) in [5.41, 5.74) is 0. The smallest absolute Gasteiger partial charge is 0.305 e. The van der Waals surface area contributed by atoms with Crippen molar-refractivity contribution >= 4 is 5.97 Å². The molecule has 0 amide bonds. The first-order valence-electron chi connectivity index (χ1n) is 4.61. The minimum Gasteiger partial charge on any atom is -0.481 e. The Kier molecular flexibility index (Phi) is 3.47. The molecule has 1 saturated heterocycles. The molecule has 0 aromatic carbocycles. The average molecular weight is 204 g/mol. The first-order chi connectivity index (χ1) is 6.43. The minimum atomic E-state index is -0.899. The predicted molar refractivity (Wildman–Crippen MR) is 47.8 cm³/mol. The van der Waals surface area contributed by atoms with Crippen LogP contribution in [0.15, 0.2) is 0 Å². The van der Waals surface area contributed by atoms with Crippen LogP contribution in [0.2, 0.25) is 0 Å². The maximum absolute atomic E-state index is 10.5. The third-order valence-corrected chi connectivity index (χ3v) is 2.03. The Balaban J connectivity index is 2.56. The van der Waals surface area contributed by atoms with Crippen molar-refractivity contribution in [3.05, 3.63) is 0 Å². The van der Waals surface area contributed by atoms with Crippen molar-refractivity contribution in [3.8, 4) is 0 Å². The summed E-state index contributed by atoms with van der Waals surface area (Å²) in [6, 6.07) is 0. The Hall–Kier alpha value is -0.650. The molecule has 1 unspecified atom stereocenters. The number of hydrogen-bond acceptors (Lipinski definition) is 4. The van der Waals surface area contributed by atoms with Gasteiger partial charge in [-0.25, -0.2) is 0 Å². The molecule has 0 radical (unpaired) electrons. The van der Waals surface area contributed by atoms with Gasteiger partial charge in [0.15, 0.2) is 5.79 Å². The van der Waals surface area contributed by atoms with E-state index < -0.39 is 11.8 Å². The molecule has 2 atom stereocenters. The summed E-state index contributed by atoms with van der Waals surface area (Å²) in [7, 11) is 0. The lowest BCUT2D eigenvalue weighted by atomic mass is 10.1. The monoisotopic (exact) mass is 204 g/mol. The number of rotatable bonds is 3. The van der Waals surface area contributed by atoms with Gasteiger partial charge in [0.05, 0.1) is 25.2 Å². The number of aliphatic carboxylic acids is 1. The summed E-state index contributed by atoms with van der Waals surface area (Å²) in [4.78, 5) is 10.5. The van der Waals surface area contributed by atoms with Gasteiger partial charge in [-0.15, -0.1) is 0 Å². The van der Waals surface area contributed by atoms with E-state index in [1.807, 2.05) is 0 Å². The number of aliphatic hydroxyl groups excluding tert-OH is 1.